The lowest BCUT2D eigenvalue weighted by atomic mass is 9.65. The summed E-state index contributed by atoms with van der Waals surface area (Å²) < 4.78 is 13.7. The molecule has 0 saturated carbocycles. The Hall–Kier alpha value is -8.66. The molecule has 0 amide bonds. The van der Waals surface area contributed by atoms with Gasteiger partial charge in [0.1, 0.15) is 17.1 Å². The molecule has 3 heteroatoms. The molecule has 0 N–H and O–H groups in total. The van der Waals surface area contributed by atoms with E-state index in [9.17, 15) is 0 Å². The number of nitrogens with zero attached hydrogens (tertiary/aromatic N) is 1. The molecule has 66 heavy (non-hydrogen) atoms. The number of hydrogen-bond acceptors (Lipinski definition) is 3. The largest absolute Gasteiger partial charge is 0.456 e. The van der Waals surface area contributed by atoms with Gasteiger partial charge >= 0.3 is 0 Å². The molecule has 2 heterocycles. The Labute approximate surface area is 382 Å². The number of benzene rings is 11. The summed E-state index contributed by atoms with van der Waals surface area (Å²) in [5.74, 6) is 1.81. The summed E-state index contributed by atoms with van der Waals surface area (Å²) in [6.07, 6.45) is 0. The standard InChI is InChI=1S/C63H39NO2/c1-2-16-40(17-3-1)41-32-35-43(36-33-41)64(57-29-15-25-50-48-22-9-12-30-58(48)65-62(50)57)56-39-37-46(45-20-6-7-21-47(45)56)49-24-14-28-54-60(49)51-23-8-10-26-52(51)63(54)53-27-11-13-31-59(53)66-61-44-19-5-4-18-42(44)34-38-55(61)63/h1-39H. The highest BCUT2D eigenvalue weighted by molar-refractivity contribution is 6.14. The summed E-state index contributed by atoms with van der Waals surface area (Å²) in [5.41, 5.74) is 16.3. The van der Waals surface area contributed by atoms with E-state index in [4.69, 9.17) is 9.15 Å². The van der Waals surface area contributed by atoms with Gasteiger partial charge in [0, 0.05) is 38.4 Å². The van der Waals surface area contributed by atoms with Gasteiger partial charge in [-0.25, -0.2) is 0 Å². The van der Waals surface area contributed by atoms with Gasteiger partial charge in [-0.1, -0.05) is 200 Å². The predicted molar refractivity (Wildman–Crippen MR) is 272 cm³/mol. The van der Waals surface area contributed by atoms with Crippen molar-refractivity contribution in [3.8, 4) is 44.9 Å². The van der Waals surface area contributed by atoms with Crippen LogP contribution >= 0.6 is 0 Å². The fourth-order valence-corrected chi connectivity index (χ4v) is 11.4. The van der Waals surface area contributed by atoms with E-state index >= 15 is 0 Å². The second-order valence-electron chi connectivity index (χ2n) is 17.5. The van der Waals surface area contributed by atoms with Crippen LogP contribution in [-0.2, 0) is 5.41 Å². The van der Waals surface area contributed by atoms with E-state index in [1.165, 1.54) is 49.9 Å². The Balaban J connectivity index is 1.01. The molecule has 1 unspecified atom stereocenters. The predicted octanol–water partition coefficient (Wildman–Crippen LogP) is 17.2. The molecule has 1 aliphatic carbocycles. The molecule has 1 atom stereocenters. The number of furan rings is 1. The lowest BCUT2D eigenvalue weighted by Gasteiger charge is -2.39. The van der Waals surface area contributed by atoms with E-state index < -0.39 is 5.41 Å². The van der Waals surface area contributed by atoms with Gasteiger partial charge in [0.15, 0.2) is 5.58 Å². The Morgan fingerprint density at radius 2 is 1.00 bits per heavy atom. The molecule has 0 bridgehead atoms. The molecule has 14 rings (SSSR count). The smallest absolute Gasteiger partial charge is 0.159 e. The Bertz CT molecular complexity index is 3920. The molecule has 0 radical (unpaired) electrons. The molecule has 0 saturated heterocycles. The van der Waals surface area contributed by atoms with Crippen molar-refractivity contribution in [1.82, 2.24) is 0 Å². The fraction of sp³-hybridized carbons (Fsp3) is 0.0159. The van der Waals surface area contributed by atoms with Crippen molar-refractivity contribution in [2.75, 3.05) is 4.90 Å². The van der Waals surface area contributed by atoms with Crippen molar-refractivity contribution < 1.29 is 9.15 Å². The van der Waals surface area contributed by atoms with Crippen LogP contribution in [0.4, 0.5) is 17.1 Å². The first-order valence-corrected chi connectivity index (χ1v) is 22.7. The van der Waals surface area contributed by atoms with Crippen molar-refractivity contribution in [2.24, 2.45) is 0 Å². The third-order valence-electron chi connectivity index (χ3n) is 14.1. The van der Waals surface area contributed by atoms with Crippen molar-refractivity contribution in [3.05, 3.63) is 259 Å². The highest BCUT2D eigenvalue weighted by atomic mass is 16.5. The van der Waals surface area contributed by atoms with Gasteiger partial charge in [-0.05, 0) is 91.7 Å². The normalized spacial score (nSPS) is 14.5. The van der Waals surface area contributed by atoms with Gasteiger partial charge in [-0.3, -0.25) is 0 Å². The molecule has 2 aliphatic rings. The molecule has 0 fully saturated rings. The van der Waals surface area contributed by atoms with Gasteiger partial charge in [0.25, 0.3) is 0 Å². The van der Waals surface area contributed by atoms with Crippen LogP contribution < -0.4 is 9.64 Å². The van der Waals surface area contributed by atoms with Crippen molar-refractivity contribution in [3.63, 3.8) is 0 Å². The highest BCUT2D eigenvalue weighted by Gasteiger charge is 2.52. The van der Waals surface area contributed by atoms with Gasteiger partial charge < -0.3 is 14.1 Å². The third kappa shape index (κ3) is 5.14. The summed E-state index contributed by atoms with van der Waals surface area (Å²) in [6.45, 7) is 0. The van der Waals surface area contributed by atoms with Crippen LogP contribution in [0.15, 0.2) is 241 Å². The van der Waals surface area contributed by atoms with E-state index in [-0.39, 0.29) is 0 Å². The number of anilines is 3. The molecule has 1 spiro atoms. The average molecular weight is 842 g/mol. The Morgan fingerprint density at radius 1 is 0.348 bits per heavy atom. The van der Waals surface area contributed by atoms with Crippen LogP contribution in [0, 0.1) is 0 Å². The molecule has 11 aromatic carbocycles. The minimum absolute atomic E-state index is 0.597. The molecule has 3 nitrogen and oxygen atoms in total. The number of hydrogen-bond donors (Lipinski definition) is 0. The lowest BCUT2D eigenvalue weighted by molar-refractivity contribution is 0.441. The first-order valence-electron chi connectivity index (χ1n) is 22.7. The van der Waals surface area contributed by atoms with E-state index in [1.807, 2.05) is 6.07 Å². The van der Waals surface area contributed by atoms with Gasteiger partial charge in [0.2, 0.25) is 0 Å². The number of fused-ring (bicyclic) bond motifs is 15. The summed E-state index contributed by atoms with van der Waals surface area (Å²) in [4.78, 5) is 2.38. The first-order chi connectivity index (χ1) is 32.8. The maximum Gasteiger partial charge on any atom is 0.159 e. The summed E-state index contributed by atoms with van der Waals surface area (Å²) >= 11 is 0. The number of para-hydroxylation sites is 3. The molecule has 1 aromatic heterocycles. The second kappa shape index (κ2) is 14.2. The number of ether oxygens (including phenoxy) is 1. The first kappa shape index (κ1) is 36.8. The lowest BCUT2D eigenvalue weighted by Crippen LogP contribution is -2.32. The van der Waals surface area contributed by atoms with Crippen LogP contribution in [0.2, 0.25) is 0 Å². The SMILES string of the molecule is c1ccc(-c2ccc(N(c3ccc(-c4cccc5c4-c4ccccc4C54c5ccccc5Oc5c4ccc4ccccc54)c4ccccc34)c3cccc4c3oc3ccccc34)cc2)cc1. The van der Waals surface area contributed by atoms with Crippen LogP contribution in [0.3, 0.4) is 0 Å². The summed E-state index contributed by atoms with van der Waals surface area (Å²) in [6, 6.07) is 85.6. The van der Waals surface area contributed by atoms with Crippen LogP contribution in [0.25, 0.3) is 76.9 Å². The third-order valence-corrected chi connectivity index (χ3v) is 14.1. The van der Waals surface area contributed by atoms with Crippen molar-refractivity contribution in [2.45, 2.75) is 5.41 Å². The van der Waals surface area contributed by atoms with Crippen LogP contribution in [0.5, 0.6) is 11.5 Å². The maximum absolute atomic E-state index is 6.95. The average Bonchev–Trinajstić information content (AvgIpc) is 3.92. The van der Waals surface area contributed by atoms with Crippen molar-refractivity contribution >= 4 is 60.5 Å². The van der Waals surface area contributed by atoms with Gasteiger partial charge in [0.05, 0.1) is 16.8 Å². The quantitative estimate of drug-likeness (QED) is 0.173. The number of rotatable bonds is 5. The van der Waals surface area contributed by atoms with Crippen molar-refractivity contribution in [1.29, 1.82) is 0 Å². The second-order valence-corrected chi connectivity index (χ2v) is 17.5. The van der Waals surface area contributed by atoms with E-state index in [2.05, 4.69) is 235 Å². The monoisotopic (exact) mass is 841 g/mol. The van der Waals surface area contributed by atoms with Gasteiger partial charge in [-0.15, -0.1) is 0 Å². The fourth-order valence-electron chi connectivity index (χ4n) is 11.4. The summed E-state index contributed by atoms with van der Waals surface area (Å²) in [5, 5.41) is 6.78. The maximum atomic E-state index is 6.95. The summed E-state index contributed by atoms with van der Waals surface area (Å²) in [7, 11) is 0. The highest BCUT2D eigenvalue weighted by Crippen LogP contribution is 2.64. The van der Waals surface area contributed by atoms with E-state index in [0.29, 0.717) is 0 Å². The van der Waals surface area contributed by atoms with Gasteiger partial charge in [-0.2, -0.15) is 0 Å². The minimum Gasteiger partial charge on any atom is -0.456 e. The van der Waals surface area contributed by atoms with E-state index in [1.54, 1.807) is 0 Å². The zero-order valence-corrected chi connectivity index (χ0v) is 35.8. The zero-order valence-electron chi connectivity index (χ0n) is 35.8. The zero-order chi connectivity index (χ0) is 43.3. The van der Waals surface area contributed by atoms with Crippen LogP contribution in [0.1, 0.15) is 22.3 Å². The Morgan fingerprint density at radius 3 is 1.88 bits per heavy atom. The molecule has 12 aromatic rings. The van der Waals surface area contributed by atoms with E-state index in [0.717, 1.165) is 77.8 Å². The minimum atomic E-state index is -0.597. The molecular formula is C63H39NO2. The molecular weight excluding hydrogens is 803 g/mol. The molecule has 308 valence electrons. The van der Waals surface area contributed by atoms with Crippen LogP contribution in [-0.4, -0.2) is 0 Å². The molecule has 1 aliphatic heterocycles. The topological polar surface area (TPSA) is 25.6 Å². The Kier molecular flexibility index (Phi) is 7.90.